The zero-order valence-corrected chi connectivity index (χ0v) is 10.2. The van der Waals surface area contributed by atoms with Gasteiger partial charge in [-0.2, -0.15) is 0 Å². The summed E-state index contributed by atoms with van der Waals surface area (Å²) in [6, 6.07) is 6.27. The molecule has 1 aliphatic rings. The van der Waals surface area contributed by atoms with Gasteiger partial charge in [-0.05, 0) is 52.8 Å². The Hall–Kier alpha value is -0.580. The van der Waals surface area contributed by atoms with Gasteiger partial charge < -0.3 is 4.90 Å². The Morgan fingerprint density at radius 3 is 3.07 bits per heavy atom. The molecule has 0 spiro atoms. The molecule has 1 aromatic carbocycles. The number of carbonyl (C=O) groups is 1. The van der Waals surface area contributed by atoms with Crippen LogP contribution in [0.5, 0.6) is 0 Å². The van der Waals surface area contributed by atoms with Gasteiger partial charge in [0.1, 0.15) is 0 Å². The van der Waals surface area contributed by atoms with E-state index in [0.717, 1.165) is 18.7 Å². The number of anilines is 1. The van der Waals surface area contributed by atoms with Crippen molar-refractivity contribution in [3.8, 4) is 0 Å². The summed E-state index contributed by atoms with van der Waals surface area (Å²) in [5, 5.41) is 0. The van der Waals surface area contributed by atoms with Gasteiger partial charge >= 0.3 is 0 Å². The van der Waals surface area contributed by atoms with E-state index in [1.54, 1.807) is 0 Å². The predicted octanol–water partition coefficient (Wildman–Crippen LogP) is 2.59. The lowest BCUT2D eigenvalue weighted by Gasteiger charge is -2.16. The van der Waals surface area contributed by atoms with E-state index in [0.29, 0.717) is 6.42 Å². The number of amides is 1. The second-order valence-electron chi connectivity index (χ2n) is 3.42. The van der Waals surface area contributed by atoms with Crippen molar-refractivity contribution in [1.82, 2.24) is 0 Å². The van der Waals surface area contributed by atoms with Crippen LogP contribution in [0.2, 0.25) is 0 Å². The van der Waals surface area contributed by atoms with Crippen LogP contribution in [0.25, 0.3) is 0 Å². The van der Waals surface area contributed by atoms with Gasteiger partial charge in [0.05, 0.1) is 0 Å². The van der Waals surface area contributed by atoms with E-state index in [9.17, 15) is 4.79 Å². The monoisotopic (exact) mass is 301 g/mol. The molecule has 0 atom stereocenters. The summed E-state index contributed by atoms with van der Waals surface area (Å²) in [5.41, 5.74) is 2.41. The standard InChI is InChI=1S/C11H12INO/c1-2-11(14)13-6-5-8-7-9(12)3-4-10(8)13/h3-4,7H,2,5-6H2,1H3. The minimum Gasteiger partial charge on any atom is -0.312 e. The lowest BCUT2D eigenvalue weighted by Crippen LogP contribution is -2.27. The minimum atomic E-state index is 0.227. The number of carbonyl (C=O) groups excluding carboxylic acids is 1. The van der Waals surface area contributed by atoms with Gasteiger partial charge in [-0.25, -0.2) is 0 Å². The number of hydrogen-bond acceptors (Lipinski definition) is 1. The number of benzene rings is 1. The molecular weight excluding hydrogens is 289 g/mol. The van der Waals surface area contributed by atoms with Gasteiger partial charge in [-0.1, -0.05) is 6.92 Å². The van der Waals surface area contributed by atoms with Crippen molar-refractivity contribution in [2.75, 3.05) is 11.4 Å². The lowest BCUT2D eigenvalue weighted by atomic mass is 10.2. The van der Waals surface area contributed by atoms with E-state index in [4.69, 9.17) is 0 Å². The Bertz CT molecular complexity index is 376. The van der Waals surface area contributed by atoms with Crippen molar-refractivity contribution >= 4 is 34.2 Å². The minimum absolute atomic E-state index is 0.227. The van der Waals surface area contributed by atoms with Crippen LogP contribution in [-0.2, 0) is 11.2 Å². The van der Waals surface area contributed by atoms with E-state index in [1.165, 1.54) is 9.13 Å². The van der Waals surface area contributed by atoms with Gasteiger partial charge in [-0.15, -0.1) is 0 Å². The highest BCUT2D eigenvalue weighted by Crippen LogP contribution is 2.29. The number of nitrogens with zero attached hydrogens (tertiary/aromatic N) is 1. The third-order valence-corrected chi connectivity index (χ3v) is 3.21. The molecule has 0 aliphatic carbocycles. The molecule has 74 valence electrons. The fraction of sp³-hybridized carbons (Fsp3) is 0.364. The quantitative estimate of drug-likeness (QED) is 0.730. The molecule has 0 saturated carbocycles. The second kappa shape index (κ2) is 3.88. The van der Waals surface area contributed by atoms with Crippen molar-refractivity contribution in [3.63, 3.8) is 0 Å². The van der Waals surface area contributed by atoms with Crippen LogP contribution < -0.4 is 4.90 Å². The average Bonchev–Trinajstić information content (AvgIpc) is 2.59. The Morgan fingerprint density at radius 1 is 1.57 bits per heavy atom. The topological polar surface area (TPSA) is 20.3 Å². The van der Waals surface area contributed by atoms with E-state index < -0.39 is 0 Å². The number of fused-ring (bicyclic) bond motifs is 1. The van der Waals surface area contributed by atoms with Crippen LogP contribution in [-0.4, -0.2) is 12.5 Å². The molecule has 3 heteroatoms. The van der Waals surface area contributed by atoms with Gasteiger partial charge in [-0.3, -0.25) is 4.79 Å². The first-order valence-electron chi connectivity index (χ1n) is 4.81. The molecule has 0 aromatic heterocycles. The molecule has 0 unspecified atom stereocenters. The maximum Gasteiger partial charge on any atom is 0.226 e. The fourth-order valence-corrected chi connectivity index (χ4v) is 2.38. The van der Waals surface area contributed by atoms with Crippen molar-refractivity contribution in [2.24, 2.45) is 0 Å². The summed E-state index contributed by atoms with van der Waals surface area (Å²) in [5.74, 6) is 0.227. The summed E-state index contributed by atoms with van der Waals surface area (Å²) in [6.07, 6.45) is 1.59. The summed E-state index contributed by atoms with van der Waals surface area (Å²) in [6.45, 7) is 2.76. The van der Waals surface area contributed by atoms with Crippen LogP contribution in [0.3, 0.4) is 0 Å². The van der Waals surface area contributed by atoms with Crippen LogP contribution in [0.15, 0.2) is 18.2 Å². The maximum atomic E-state index is 11.6. The maximum absolute atomic E-state index is 11.6. The molecular formula is C11H12INO. The predicted molar refractivity (Wildman–Crippen MR) is 65.5 cm³/mol. The third kappa shape index (κ3) is 1.65. The zero-order valence-electron chi connectivity index (χ0n) is 8.09. The largest absolute Gasteiger partial charge is 0.312 e. The van der Waals surface area contributed by atoms with Gasteiger partial charge in [0.2, 0.25) is 5.91 Å². The van der Waals surface area contributed by atoms with Gasteiger partial charge in [0, 0.05) is 22.2 Å². The van der Waals surface area contributed by atoms with Crippen LogP contribution in [0.1, 0.15) is 18.9 Å². The van der Waals surface area contributed by atoms with E-state index >= 15 is 0 Å². The molecule has 0 bridgehead atoms. The number of halogens is 1. The van der Waals surface area contributed by atoms with E-state index in [1.807, 2.05) is 11.8 Å². The van der Waals surface area contributed by atoms with E-state index in [2.05, 4.69) is 40.8 Å². The normalized spacial score (nSPS) is 14.3. The Kier molecular flexibility index (Phi) is 2.76. The van der Waals surface area contributed by atoms with Gasteiger partial charge in [0.25, 0.3) is 0 Å². The molecule has 0 saturated heterocycles. The molecule has 1 heterocycles. The molecule has 0 radical (unpaired) electrons. The van der Waals surface area contributed by atoms with Crippen molar-refractivity contribution < 1.29 is 4.79 Å². The zero-order chi connectivity index (χ0) is 10.1. The van der Waals surface area contributed by atoms with Gasteiger partial charge in [0.15, 0.2) is 0 Å². The summed E-state index contributed by atoms with van der Waals surface area (Å²) < 4.78 is 1.24. The molecule has 1 aromatic rings. The van der Waals surface area contributed by atoms with Crippen LogP contribution >= 0.6 is 22.6 Å². The highest BCUT2D eigenvalue weighted by molar-refractivity contribution is 14.1. The van der Waals surface area contributed by atoms with E-state index in [-0.39, 0.29) is 5.91 Å². The summed E-state index contributed by atoms with van der Waals surface area (Å²) in [7, 11) is 0. The molecule has 1 aliphatic heterocycles. The molecule has 2 nitrogen and oxygen atoms in total. The summed E-state index contributed by atoms with van der Waals surface area (Å²) >= 11 is 2.30. The highest BCUT2D eigenvalue weighted by Gasteiger charge is 2.22. The fourth-order valence-electron chi connectivity index (χ4n) is 1.82. The molecule has 1 amide bonds. The second-order valence-corrected chi connectivity index (χ2v) is 4.67. The Labute approximate surface area is 97.4 Å². The molecule has 14 heavy (non-hydrogen) atoms. The lowest BCUT2D eigenvalue weighted by molar-refractivity contribution is -0.118. The summed E-state index contributed by atoms with van der Waals surface area (Å²) in [4.78, 5) is 13.5. The highest BCUT2D eigenvalue weighted by atomic mass is 127. The van der Waals surface area contributed by atoms with Crippen molar-refractivity contribution in [1.29, 1.82) is 0 Å². The number of rotatable bonds is 1. The molecule has 0 fully saturated rings. The number of hydrogen-bond donors (Lipinski definition) is 0. The van der Waals surface area contributed by atoms with Crippen LogP contribution in [0, 0.1) is 3.57 Å². The third-order valence-electron chi connectivity index (χ3n) is 2.54. The Balaban J connectivity index is 2.35. The average molecular weight is 301 g/mol. The van der Waals surface area contributed by atoms with Crippen LogP contribution in [0.4, 0.5) is 5.69 Å². The Morgan fingerprint density at radius 2 is 2.36 bits per heavy atom. The first-order valence-corrected chi connectivity index (χ1v) is 5.89. The molecule has 0 N–H and O–H groups in total. The molecule has 2 rings (SSSR count). The smallest absolute Gasteiger partial charge is 0.226 e. The van der Waals surface area contributed by atoms with Crippen molar-refractivity contribution in [3.05, 3.63) is 27.3 Å². The SMILES string of the molecule is CCC(=O)N1CCc2cc(I)ccc21. The first-order chi connectivity index (χ1) is 6.72. The first kappa shape index (κ1) is 9.96. The van der Waals surface area contributed by atoms with Crippen molar-refractivity contribution in [2.45, 2.75) is 19.8 Å².